The fourth-order valence-corrected chi connectivity index (χ4v) is 2.97. The molecule has 0 heterocycles. The van der Waals surface area contributed by atoms with E-state index >= 15 is 0 Å². The van der Waals surface area contributed by atoms with Crippen molar-refractivity contribution in [2.75, 3.05) is 11.9 Å². The summed E-state index contributed by atoms with van der Waals surface area (Å²) < 4.78 is 0. The van der Waals surface area contributed by atoms with E-state index in [0.29, 0.717) is 17.8 Å². The Kier molecular flexibility index (Phi) is 5.10. The Morgan fingerprint density at radius 1 is 1.40 bits per heavy atom. The van der Waals surface area contributed by atoms with E-state index < -0.39 is 0 Å². The third kappa shape index (κ3) is 4.13. The van der Waals surface area contributed by atoms with Crippen molar-refractivity contribution in [3.05, 3.63) is 0 Å². The molecule has 1 fully saturated rings. The summed E-state index contributed by atoms with van der Waals surface area (Å²) in [4.78, 5) is 11.5. The summed E-state index contributed by atoms with van der Waals surface area (Å²) in [6.45, 7) is 5.01. The fourth-order valence-electron chi connectivity index (χ4n) is 2.21. The lowest BCUT2D eigenvalue weighted by Gasteiger charge is -2.26. The minimum absolute atomic E-state index is 0.206. The normalized spacial score (nSPS) is 19.5. The Bertz CT molecular complexity index is 210. The molecule has 0 radical (unpaired) electrons. The standard InChI is InChI=1S/C12H22BrNO/c1-10(2)7-11(15)14-9-12(8-13)5-3-4-6-12/h10H,3-9H2,1-2H3,(H,14,15). The van der Waals surface area contributed by atoms with Crippen LogP contribution < -0.4 is 5.32 Å². The molecule has 0 atom stereocenters. The summed E-state index contributed by atoms with van der Waals surface area (Å²) in [5.74, 6) is 0.658. The zero-order chi connectivity index (χ0) is 11.3. The van der Waals surface area contributed by atoms with Crippen LogP contribution in [-0.4, -0.2) is 17.8 Å². The number of carbonyl (C=O) groups excluding carboxylic acids is 1. The molecule has 1 saturated carbocycles. The largest absolute Gasteiger partial charge is 0.356 e. The molecule has 0 unspecified atom stereocenters. The van der Waals surface area contributed by atoms with Crippen molar-refractivity contribution in [2.24, 2.45) is 11.3 Å². The minimum Gasteiger partial charge on any atom is -0.356 e. The lowest BCUT2D eigenvalue weighted by Crippen LogP contribution is -2.37. The molecular weight excluding hydrogens is 254 g/mol. The number of hydrogen-bond acceptors (Lipinski definition) is 1. The second-order valence-electron chi connectivity index (χ2n) is 5.22. The van der Waals surface area contributed by atoms with E-state index in [1.807, 2.05) is 0 Å². The molecule has 0 bridgehead atoms. The van der Waals surface area contributed by atoms with Crippen molar-refractivity contribution in [1.82, 2.24) is 5.32 Å². The van der Waals surface area contributed by atoms with E-state index in [-0.39, 0.29) is 5.91 Å². The van der Waals surface area contributed by atoms with Crippen LogP contribution in [0.1, 0.15) is 46.0 Å². The Morgan fingerprint density at radius 2 is 2.00 bits per heavy atom. The average molecular weight is 276 g/mol. The van der Waals surface area contributed by atoms with Gasteiger partial charge >= 0.3 is 0 Å². The molecule has 1 aliphatic carbocycles. The van der Waals surface area contributed by atoms with Gasteiger partial charge in [-0.15, -0.1) is 0 Å². The average Bonchev–Trinajstić information content (AvgIpc) is 2.63. The first kappa shape index (κ1) is 13.0. The Balaban J connectivity index is 2.31. The molecule has 15 heavy (non-hydrogen) atoms. The molecule has 1 amide bonds. The zero-order valence-corrected chi connectivity index (χ0v) is 11.4. The van der Waals surface area contributed by atoms with E-state index in [9.17, 15) is 4.79 Å². The zero-order valence-electron chi connectivity index (χ0n) is 9.81. The second kappa shape index (κ2) is 5.88. The minimum atomic E-state index is 0.206. The Hall–Kier alpha value is -0.0500. The lowest BCUT2D eigenvalue weighted by molar-refractivity contribution is -0.122. The smallest absolute Gasteiger partial charge is 0.220 e. The summed E-state index contributed by atoms with van der Waals surface area (Å²) in [7, 11) is 0. The van der Waals surface area contributed by atoms with Gasteiger partial charge in [0.05, 0.1) is 0 Å². The monoisotopic (exact) mass is 275 g/mol. The molecule has 0 spiro atoms. The quantitative estimate of drug-likeness (QED) is 0.768. The van der Waals surface area contributed by atoms with Crippen LogP contribution in [0, 0.1) is 11.3 Å². The first-order chi connectivity index (χ1) is 7.08. The van der Waals surface area contributed by atoms with Gasteiger partial charge in [0.15, 0.2) is 0 Å². The van der Waals surface area contributed by atoms with Gasteiger partial charge in [0, 0.05) is 18.3 Å². The lowest BCUT2D eigenvalue weighted by atomic mass is 9.89. The molecule has 3 heteroatoms. The number of amides is 1. The van der Waals surface area contributed by atoms with Crippen LogP contribution in [0.15, 0.2) is 0 Å². The van der Waals surface area contributed by atoms with Gasteiger partial charge in [-0.1, -0.05) is 42.6 Å². The Labute approximate surface area is 101 Å². The number of carbonyl (C=O) groups is 1. The number of hydrogen-bond donors (Lipinski definition) is 1. The molecule has 0 aromatic heterocycles. The molecule has 0 saturated heterocycles. The van der Waals surface area contributed by atoms with Crippen LogP contribution >= 0.6 is 15.9 Å². The van der Waals surface area contributed by atoms with Crippen LogP contribution in [0.5, 0.6) is 0 Å². The maximum absolute atomic E-state index is 11.5. The van der Waals surface area contributed by atoms with Gasteiger partial charge in [-0.2, -0.15) is 0 Å². The highest BCUT2D eigenvalue weighted by molar-refractivity contribution is 9.09. The second-order valence-corrected chi connectivity index (χ2v) is 5.78. The third-order valence-corrected chi connectivity index (χ3v) is 4.39. The van der Waals surface area contributed by atoms with Gasteiger partial charge in [-0.05, 0) is 24.2 Å². The topological polar surface area (TPSA) is 29.1 Å². The van der Waals surface area contributed by atoms with Gasteiger partial charge < -0.3 is 5.32 Å². The van der Waals surface area contributed by atoms with Crippen LogP contribution in [0.25, 0.3) is 0 Å². The summed E-state index contributed by atoms with van der Waals surface area (Å²) in [6.07, 6.45) is 5.77. The fraction of sp³-hybridized carbons (Fsp3) is 0.917. The van der Waals surface area contributed by atoms with E-state index in [1.165, 1.54) is 25.7 Å². The molecule has 2 nitrogen and oxygen atoms in total. The first-order valence-electron chi connectivity index (χ1n) is 5.91. The van der Waals surface area contributed by atoms with E-state index in [0.717, 1.165) is 11.9 Å². The molecule has 0 aliphatic heterocycles. The molecule has 1 N–H and O–H groups in total. The van der Waals surface area contributed by atoms with Crippen molar-refractivity contribution in [2.45, 2.75) is 46.0 Å². The highest BCUT2D eigenvalue weighted by Gasteiger charge is 2.32. The molecule has 1 rings (SSSR count). The number of halogens is 1. The van der Waals surface area contributed by atoms with Crippen LogP contribution in [0.2, 0.25) is 0 Å². The maximum Gasteiger partial charge on any atom is 0.220 e. The maximum atomic E-state index is 11.5. The van der Waals surface area contributed by atoms with Crippen molar-refractivity contribution < 1.29 is 4.79 Å². The van der Waals surface area contributed by atoms with Crippen molar-refractivity contribution >= 4 is 21.8 Å². The van der Waals surface area contributed by atoms with Crippen LogP contribution in [-0.2, 0) is 4.79 Å². The predicted molar refractivity (Wildman–Crippen MR) is 67.2 cm³/mol. The Morgan fingerprint density at radius 3 is 2.47 bits per heavy atom. The predicted octanol–water partition coefficient (Wildman–Crippen LogP) is 3.10. The highest BCUT2D eigenvalue weighted by Crippen LogP contribution is 2.38. The number of nitrogens with one attached hydrogen (secondary N) is 1. The summed E-state index contributed by atoms with van der Waals surface area (Å²) in [5, 5.41) is 4.09. The molecule has 0 aromatic carbocycles. The van der Waals surface area contributed by atoms with Crippen LogP contribution in [0.4, 0.5) is 0 Å². The molecule has 0 aromatic rings. The van der Waals surface area contributed by atoms with Gasteiger partial charge in [-0.3, -0.25) is 4.79 Å². The first-order valence-corrected chi connectivity index (χ1v) is 7.03. The van der Waals surface area contributed by atoms with Crippen molar-refractivity contribution in [3.63, 3.8) is 0 Å². The number of alkyl halides is 1. The molecule has 1 aliphatic rings. The third-order valence-electron chi connectivity index (χ3n) is 3.20. The van der Waals surface area contributed by atoms with E-state index in [2.05, 4.69) is 35.1 Å². The van der Waals surface area contributed by atoms with E-state index in [1.54, 1.807) is 0 Å². The highest BCUT2D eigenvalue weighted by atomic mass is 79.9. The van der Waals surface area contributed by atoms with Crippen molar-refractivity contribution in [1.29, 1.82) is 0 Å². The molecular formula is C12H22BrNO. The van der Waals surface area contributed by atoms with E-state index in [4.69, 9.17) is 0 Å². The number of rotatable bonds is 5. The van der Waals surface area contributed by atoms with Gasteiger partial charge in [0.25, 0.3) is 0 Å². The molecule has 88 valence electrons. The van der Waals surface area contributed by atoms with Gasteiger partial charge in [0.1, 0.15) is 0 Å². The summed E-state index contributed by atoms with van der Waals surface area (Å²) >= 11 is 3.58. The van der Waals surface area contributed by atoms with Gasteiger partial charge in [0.2, 0.25) is 5.91 Å². The van der Waals surface area contributed by atoms with Crippen LogP contribution in [0.3, 0.4) is 0 Å². The summed E-state index contributed by atoms with van der Waals surface area (Å²) in [5.41, 5.74) is 0.340. The van der Waals surface area contributed by atoms with Gasteiger partial charge in [-0.25, -0.2) is 0 Å². The summed E-state index contributed by atoms with van der Waals surface area (Å²) in [6, 6.07) is 0. The van der Waals surface area contributed by atoms with Crippen molar-refractivity contribution in [3.8, 4) is 0 Å². The SMILES string of the molecule is CC(C)CC(=O)NCC1(CBr)CCCC1.